The Morgan fingerprint density at radius 3 is 2.00 bits per heavy atom. The van der Waals surface area contributed by atoms with Crippen LogP contribution in [0, 0.1) is 5.92 Å². The second-order valence-electron chi connectivity index (χ2n) is 4.07. The van der Waals surface area contributed by atoms with Crippen molar-refractivity contribution in [3.8, 4) is 0 Å². The highest BCUT2D eigenvalue weighted by Crippen LogP contribution is 2.12. The molecule has 72 valence electrons. The summed E-state index contributed by atoms with van der Waals surface area (Å²) in [5, 5.41) is 2.80. The van der Waals surface area contributed by atoms with Gasteiger partial charge in [-0.2, -0.15) is 0 Å². The van der Waals surface area contributed by atoms with Crippen molar-refractivity contribution >= 4 is 5.91 Å². The minimum absolute atomic E-state index is 0.0764. The van der Waals surface area contributed by atoms with E-state index in [0.717, 1.165) is 0 Å². The van der Waals surface area contributed by atoms with E-state index in [-0.39, 0.29) is 17.9 Å². The molecule has 3 N–H and O–H groups in total. The van der Waals surface area contributed by atoms with E-state index >= 15 is 0 Å². The van der Waals surface area contributed by atoms with Gasteiger partial charge in [-0.1, -0.05) is 13.8 Å². The fourth-order valence-corrected chi connectivity index (χ4v) is 0.680. The topological polar surface area (TPSA) is 55.1 Å². The van der Waals surface area contributed by atoms with Crippen molar-refractivity contribution in [2.24, 2.45) is 11.7 Å². The predicted molar refractivity (Wildman–Crippen MR) is 50.7 cm³/mol. The molecule has 0 aromatic heterocycles. The molecule has 0 aliphatic rings. The number of hydrogen-bond donors (Lipinski definition) is 2. The number of amides is 1. The van der Waals surface area contributed by atoms with E-state index in [2.05, 4.69) is 5.32 Å². The Balaban J connectivity index is 4.26. The number of nitrogens with one attached hydrogen (secondary N) is 1. The first-order chi connectivity index (χ1) is 5.28. The van der Waals surface area contributed by atoms with E-state index in [4.69, 9.17) is 5.73 Å². The second kappa shape index (κ2) is 3.90. The molecule has 0 saturated carbocycles. The summed E-state index contributed by atoms with van der Waals surface area (Å²) in [4.78, 5) is 11.5. The SMILES string of the molecule is CC(C)NC(=O)C(C)(N)C(C)C. The fraction of sp³-hybridized carbons (Fsp3) is 0.889. The first-order valence-corrected chi connectivity index (χ1v) is 4.38. The van der Waals surface area contributed by atoms with Crippen LogP contribution >= 0.6 is 0 Å². The largest absolute Gasteiger partial charge is 0.352 e. The molecular formula is C9H20N2O. The summed E-state index contributed by atoms with van der Waals surface area (Å²) in [6.45, 7) is 9.50. The van der Waals surface area contributed by atoms with Crippen LogP contribution in [-0.4, -0.2) is 17.5 Å². The van der Waals surface area contributed by atoms with Crippen molar-refractivity contribution in [1.82, 2.24) is 5.32 Å². The molecule has 0 radical (unpaired) electrons. The lowest BCUT2D eigenvalue weighted by Crippen LogP contribution is -2.56. The summed E-state index contributed by atoms with van der Waals surface area (Å²) in [5.74, 6) is 0.0729. The molecule has 3 nitrogen and oxygen atoms in total. The van der Waals surface area contributed by atoms with E-state index in [1.54, 1.807) is 6.92 Å². The molecule has 1 atom stereocenters. The van der Waals surface area contributed by atoms with Gasteiger partial charge in [0.25, 0.3) is 0 Å². The highest BCUT2D eigenvalue weighted by atomic mass is 16.2. The van der Waals surface area contributed by atoms with E-state index in [1.165, 1.54) is 0 Å². The molecule has 1 unspecified atom stereocenters. The van der Waals surface area contributed by atoms with Gasteiger partial charge in [0, 0.05) is 6.04 Å². The van der Waals surface area contributed by atoms with Crippen LogP contribution in [0.1, 0.15) is 34.6 Å². The maximum absolute atomic E-state index is 11.5. The number of rotatable bonds is 3. The summed E-state index contributed by atoms with van der Waals surface area (Å²) < 4.78 is 0. The highest BCUT2D eigenvalue weighted by molar-refractivity contribution is 5.86. The Kier molecular flexibility index (Phi) is 3.71. The van der Waals surface area contributed by atoms with Gasteiger partial charge in [-0.15, -0.1) is 0 Å². The summed E-state index contributed by atoms with van der Waals surface area (Å²) in [6.07, 6.45) is 0. The van der Waals surface area contributed by atoms with Crippen molar-refractivity contribution < 1.29 is 4.79 Å². The van der Waals surface area contributed by atoms with Crippen LogP contribution < -0.4 is 11.1 Å². The molecule has 0 spiro atoms. The van der Waals surface area contributed by atoms with Gasteiger partial charge in [0.1, 0.15) is 0 Å². The number of nitrogens with two attached hydrogens (primary N) is 1. The number of hydrogen-bond acceptors (Lipinski definition) is 2. The minimum atomic E-state index is -0.760. The molecule has 0 aromatic carbocycles. The minimum Gasteiger partial charge on any atom is -0.352 e. The Hall–Kier alpha value is -0.570. The van der Waals surface area contributed by atoms with Crippen molar-refractivity contribution in [3.05, 3.63) is 0 Å². The molecule has 0 aromatic rings. The molecule has 0 heterocycles. The Labute approximate surface area is 74.7 Å². The first-order valence-electron chi connectivity index (χ1n) is 4.38. The van der Waals surface area contributed by atoms with Crippen molar-refractivity contribution in [1.29, 1.82) is 0 Å². The van der Waals surface area contributed by atoms with Crippen molar-refractivity contribution in [3.63, 3.8) is 0 Å². The van der Waals surface area contributed by atoms with Crippen LogP contribution in [0.25, 0.3) is 0 Å². The van der Waals surface area contributed by atoms with E-state index < -0.39 is 5.54 Å². The maximum Gasteiger partial charge on any atom is 0.240 e. The Morgan fingerprint density at radius 1 is 1.33 bits per heavy atom. The third kappa shape index (κ3) is 2.81. The van der Waals surface area contributed by atoms with Crippen molar-refractivity contribution in [2.75, 3.05) is 0 Å². The van der Waals surface area contributed by atoms with Gasteiger partial charge in [0.15, 0.2) is 0 Å². The summed E-state index contributed by atoms with van der Waals surface area (Å²) in [6, 6.07) is 0.152. The van der Waals surface area contributed by atoms with Gasteiger partial charge in [-0.3, -0.25) is 4.79 Å². The molecule has 12 heavy (non-hydrogen) atoms. The van der Waals surface area contributed by atoms with Crippen LogP contribution in [0.2, 0.25) is 0 Å². The predicted octanol–water partition coefficient (Wildman–Crippen LogP) is 0.884. The molecule has 1 amide bonds. The van der Waals surface area contributed by atoms with Crippen LogP contribution in [0.5, 0.6) is 0 Å². The van der Waals surface area contributed by atoms with Gasteiger partial charge in [0.05, 0.1) is 5.54 Å². The summed E-state index contributed by atoms with van der Waals surface area (Å²) in [5.41, 5.74) is 5.08. The third-order valence-electron chi connectivity index (χ3n) is 2.11. The van der Waals surface area contributed by atoms with Crippen LogP contribution in [-0.2, 0) is 4.79 Å². The zero-order valence-corrected chi connectivity index (χ0v) is 8.64. The lowest BCUT2D eigenvalue weighted by Gasteiger charge is -2.28. The summed E-state index contributed by atoms with van der Waals surface area (Å²) in [7, 11) is 0. The zero-order valence-electron chi connectivity index (χ0n) is 8.64. The molecular weight excluding hydrogens is 152 g/mol. The fourth-order valence-electron chi connectivity index (χ4n) is 0.680. The summed E-state index contributed by atoms with van der Waals surface area (Å²) >= 11 is 0. The molecule has 3 heteroatoms. The second-order valence-corrected chi connectivity index (χ2v) is 4.07. The third-order valence-corrected chi connectivity index (χ3v) is 2.11. The Bertz CT molecular complexity index is 162. The zero-order chi connectivity index (χ0) is 9.94. The molecule has 0 rings (SSSR count). The molecule has 0 bridgehead atoms. The average molecular weight is 172 g/mol. The average Bonchev–Trinajstić information content (AvgIpc) is 1.85. The first kappa shape index (κ1) is 11.4. The van der Waals surface area contributed by atoms with Gasteiger partial charge >= 0.3 is 0 Å². The van der Waals surface area contributed by atoms with Crippen molar-refractivity contribution in [2.45, 2.75) is 46.2 Å². The van der Waals surface area contributed by atoms with E-state index in [0.29, 0.717) is 0 Å². The highest BCUT2D eigenvalue weighted by Gasteiger charge is 2.31. The molecule has 0 aliphatic heterocycles. The number of carbonyl (C=O) groups excluding carboxylic acids is 1. The maximum atomic E-state index is 11.5. The van der Waals surface area contributed by atoms with E-state index in [1.807, 2.05) is 27.7 Å². The molecule has 0 saturated heterocycles. The van der Waals surface area contributed by atoms with Gasteiger partial charge < -0.3 is 11.1 Å². The van der Waals surface area contributed by atoms with E-state index in [9.17, 15) is 4.79 Å². The molecule has 0 fully saturated rings. The van der Waals surface area contributed by atoms with Gasteiger partial charge in [0.2, 0.25) is 5.91 Å². The lowest BCUT2D eigenvalue weighted by atomic mass is 9.88. The van der Waals surface area contributed by atoms with Crippen LogP contribution in [0.3, 0.4) is 0 Å². The standard InChI is InChI=1S/C9H20N2O/c1-6(2)9(5,10)8(12)11-7(3)4/h6-7H,10H2,1-5H3,(H,11,12). The Morgan fingerprint density at radius 2 is 1.75 bits per heavy atom. The number of carbonyl (C=O) groups is 1. The van der Waals surface area contributed by atoms with Crippen LogP contribution in [0.4, 0.5) is 0 Å². The lowest BCUT2D eigenvalue weighted by molar-refractivity contribution is -0.127. The normalized spacial score (nSPS) is 16.3. The van der Waals surface area contributed by atoms with Gasteiger partial charge in [-0.25, -0.2) is 0 Å². The molecule has 0 aliphatic carbocycles. The quantitative estimate of drug-likeness (QED) is 0.664. The smallest absolute Gasteiger partial charge is 0.240 e. The monoisotopic (exact) mass is 172 g/mol. The van der Waals surface area contributed by atoms with Crippen LogP contribution in [0.15, 0.2) is 0 Å². The van der Waals surface area contributed by atoms with Gasteiger partial charge in [-0.05, 0) is 26.7 Å².